The van der Waals surface area contributed by atoms with E-state index < -0.39 is 23.4 Å². The van der Waals surface area contributed by atoms with E-state index in [9.17, 15) is 18.4 Å². The molecule has 0 N–H and O–H groups in total. The predicted molar refractivity (Wildman–Crippen MR) is 79.1 cm³/mol. The first kappa shape index (κ1) is 14.8. The van der Waals surface area contributed by atoms with E-state index in [2.05, 4.69) is 15.9 Å². The Morgan fingerprint density at radius 3 is 2.59 bits per heavy atom. The fraction of sp³-hybridized carbons (Fsp3) is 0.125. The second-order valence-corrected chi connectivity index (χ2v) is 5.91. The number of rotatable bonds is 2. The molecule has 0 saturated carbocycles. The van der Waals surface area contributed by atoms with Crippen LogP contribution in [-0.4, -0.2) is 16.7 Å². The molecule has 0 radical (unpaired) electrons. The highest BCUT2D eigenvalue weighted by atomic mass is 79.9. The summed E-state index contributed by atoms with van der Waals surface area (Å²) >= 11 is 3.15. The summed E-state index contributed by atoms with van der Waals surface area (Å²) < 4.78 is 27.6. The van der Waals surface area contributed by atoms with Crippen LogP contribution in [0.3, 0.4) is 0 Å². The molecule has 22 heavy (non-hydrogen) atoms. The molecule has 3 nitrogen and oxygen atoms in total. The number of amides is 2. The smallest absolute Gasteiger partial charge is 0.261 e. The topological polar surface area (TPSA) is 37.4 Å². The Morgan fingerprint density at radius 1 is 1.09 bits per heavy atom. The van der Waals surface area contributed by atoms with Gasteiger partial charge in [-0.25, -0.2) is 8.78 Å². The molecular formula is C16H10BrF2NO2. The number of hydrogen-bond acceptors (Lipinski definition) is 2. The van der Waals surface area contributed by atoms with Crippen LogP contribution in [0.2, 0.25) is 0 Å². The van der Waals surface area contributed by atoms with E-state index in [4.69, 9.17) is 0 Å². The maximum Gasteiger partial charge on any atom is 0.261 e. The summed E-state index contributed by atoms with van der Waals surface area (Å²) in [4.78, 5) is 25.5. The Kier molecular flexibility index (Phi) is 3.78. The van der Waals surface area contributed by atoms with Gasteiger partial charge in [0, 0.05) is 15.6 Å². The van der Waals surface area contributed by atoms with Crippen molar-refractivity contribution in [2.75, 3.05) is 0 Å². The monoisotopic (exact) mass is 365 g/mol. The van der Waals surface area contributed by atoms with Crippen molar-refractivity contribution >= 4 is 27.7 Å². The molecule has 1 aliphatic heterocycles. The van der Waals surface area contributed by atoms with Crippen molar-refractivity contribution in [3.8, 4) is 0 Å². The van der Waals surface area contributed by atoms with Crippen LogP contribution in [0.1, 0.15) is 21.5 Å². The van der Waals surface area contributed by atoms with Crippen LogP contribution in [0.4, 0.5) is 8.78 Å². The molecule has 1 heterocycles. The molecule has 0 bridgehead atoms. The van der Waals surface area contributed by atoms with Gasteiger partial charge in [0.05, 0.1) is 13.0 Å². The molecule has 0 fully saturated rings. The third-order valence-corrected chi connectivity index (χ3v) is 4.02. The first-order valence-electron chi connectivity index (χ1n) is 6.53. The fourth-order valence-electron chi connectivity index (χ4n) is 2.41. The third kappa shape index (κ3) is 2.66. The number of carbonyl (C=O) groups is 2. The van der Waals surface area contributed by atoms with Crippen LogP contribution in [0, 0.1) is 11.6 Å². The zero-order valence-electron chi connectivity index (χ0n) is 11.3. The molecule has 0 saturated heterocycles. The zero-order valence-corrected chi connectivity index (χ0v) is 12.9. The summed E-state index contributed by atoms with van der Waals surface area (Å²) in [7, 11) is 0. The van der Waals surface area contributed by atoms with Crippen molar-refractivity contribution in [3.05, 3.63) is 69.2 Å². The molecular weight excluding hydrogens is 356 g/mol. The van der Waals surface area contributed by atoms with Crippen LogP contribution in [-0.2, 0) is 17.8 Å². The lowest BCUT2D eigenvalue weighted by Gasteiger charge is -2.27. The fourth-order valence-corrected chi connectivity index (χ4v) is 2.75. The highest BCUT2D eigenvalue weighted by molar-refractivity contribution is 9.10. The van der Waals surface area contributed by atoms with Gasteiger partial charge in [-0.2, -0.15) is 0 Å². The van der Waals surface area contributed by atoms with E-state index in [0.717, 1.165) is 4.90 Å². The summed E-state index contributed by atoms with van der Waals surface area (Å²) in [6.45, 7) is -0.145. The van der Waals surface area contributed by atoms with E-state index in [0.29, 0.717) is 10.0 Å². The number of carbonyl (C=O) groups excluding carboxylic acids is 2. The maximum atomic E-state index is 13.9. The standard InChI is InChI=1S/C16H10BrF2NO2/c17-11-2-1-9(14(19)7-11)8-20-15(21)6-10-5-12(18)3-4-13(10)16(20)22/h1-5,7H,6,8H2. The van der Waals surface area contributed by atoms with Crippen molar-refractivity contribution in [2.45, 2.75) is 13.0 Å². The van der Waals surface area contributed by atoms with Crippen LogP contribution < -0.4 is 0 Å². The summed E-state index contributed by atoms with van der Waals surface area (Å²) in [5.41, 5.74) is 0.886. The summed E-state index contributed by atoms with van der Waals surface area (Å²) in [6.07, 6.45) is -0.0724. The molecule has 2 aromatic rings. The molecule has 0 atom stereocenters. The van der Waals surface area contributed by atoms with Gasteiger partial charge in [0.15, 0.2) is 0 Å². The first-order valence-corrected chi connectivity index (χ1v) is 7.32. The molecule has 0 aliphatic carbocycles. The van der Waals surface area contributed by atoms with Crippen LogP contribution in [0.25, 0.3) is 0 Å². The Morgan fingerprint density at radius 2 is 1.86 bits per heavy atom. The molecule has 2 amide bonds. The van der Waals surface area contributed by atoms with Gasteiger partial charge in [-0.1, -0.05) is 22.0 Å². The van der Waals surface area contributed by atoms with Gasteiger partial charge in [0.25, 0.3) is 5.91 Å². The quantitative estimate of drug-likeness (QED) is 0.764. The van der Waals surface area contributed by atoms with Gasteiger partial charge in [-0.05, 0) is 35.9 Å². The molecule has 2 aromatic carbocycles. The average Bonchev–Trinajstić information content (AvgIpc) is 2.45. The molecule has 6 heteroatoms. The normalized spacial score (nSPS) is 14.2. The van der Waals surface area contributed by atoms with Crippen LogP contribution >= 0.6 is 15.9 Å². The molecule has 0 unspecified atom stereocenters. The Labute approximate surface area is 133 Å². The van der Waals surface area contributed by atoms with E-state index in [-0.39, 0.29) is 24.1 Å². The SMILES string of the molecule is O=C1Cc2cc(F)ccc2C(=O)N1Cc1ccc(Br)cc1F. The van der Waals surface area contributed by atoms with Gasteiger partial charge >= 0.3 is 0 Å². The van der Waals surface area contributed by atoms with E-state index >= 15 is 0 Å². The van der Waals surface area contributed by atoms with Crippen molar-refractivity contribution in [2.24, 2.45) is 0 Å². The first-order chi connectivity index (χ1) is 10.5. The predicted octanol–water partition coefficient (Wildman–Crippen LogP) is 3.45. The highest BCUT2D eigenvalue weighted by Gasteiger charge is 2.31. The van der Waals surface area contributed by atoms with Gasteiger partial charge < -0.3 is 0 Å². The van der Waals surface area contributed by atoms with Gasteiger partial charge in [-0.3, -0.25) is 14.5 Å². The number of benzene rings is 2. The zero-order chi connectivity index (χ0) is 15.9. The molecule has 3 rings (SSSR count). The lowest BCUT2D eigenvalue weighted by Crippen LogP contribution is -2.41. The second kappa shape index (κ2) is 5.61. The number of imide groups is 1. The largest absolute Gasteiger partial charge is 0.274 e. The summed E-state index contributed by atoms with van der Waals surface area (Å²) in [5, 5.41) is 0. The summed E-state index contributed by atoms with van der Waals surface area (Å²) in [5.74, 6) is -1.99. The minimum absolute atomic E-state index is 0.0724. The van der Waals surface area contributed by atoms with Gasteiger partial charge in [-0.15, -0.1) is 0 Å². The van der Waals surface area contributed by atoms with Crippen LogP contribution in [0.5, 0.6) is 0 Å². The molecule has 0 spiro atoms. The van der Waals surface area contributed by atoms with Gasteiger partial charge in [0.1, 0.15) is 11.6 Å². The van der Waals surface area contributed by atoms with Crippen molar-refractivity contribution in [3.63, 3.8) is 0 Å². The minimum atomic E-state index is -0.534. The summed E-state index contributed by atoms with van der Waals surface area (Å²) in [6, 6.07) is 8.14. The van der Waals surface area contributed by atoms with E-state index in [1.165, 1.54) is 30.3 Å². The second-order valence-electron chi connectivity index (χ2n) is 5.00. The number of fused-ring (bicyclic) bond motifs is 1. The lowest BCUT2D eigenvalue weighted by molar-refractivity contribution is -0.128. The Bertz CT molecular complexity index is 792. The Balaban J connectivity index is 1.93. The van der Waals surface area contributed by atoms with E-state index in [1.807, 2.05) is 0 Å². The number of nitrogens with zero attached hydrogens (tertiary/aromatic N) is 1. The average molecular weight is 366 g/mol. The molecule has 112 valence electrons. The minimum Gasteiger partial charge on any atom is -0.274 e. The van der Waals surface area contributed by atoms with Crippen LogP contribution in [0.15, 0.2) is 40.9 Å². The number of hydrogen-bond donors (Lipinski definition) is 0. The maximum absolute atomic E-state index is 13.9. The molecule has 0 aromatic heterocycles. The van der Waals surface area contributed by atoms with Crippen molar-refractivity contribution < 1.29 is 18.4 Å². The van der Waals surface area contributed by atoms with E-state index in [1.54, 1.807) is 6.07 Å². The number of halogens is 3. The van der Waals surface area contributed by atoms with Crippen molar-refractivity contribution in [1.82, 2.24) is 4.90 Å². The lowest BCUT2D eigenvalue weighted by atomic mass is 9.98. The highest BCUT2D eigenvalue weighted by Crippen LogP contribution is 2.24. The van der Waals surface area contributed by atoms with Crippen molar-refractivity contribution in [1.29, 1.82) is 0 Å². The third-order valence-electron chi connectivity index (χ3n) is 3.53. The molecule has 1 aliphatic rings. The van der Waals surface area contributed by atoms with Gasteiger partial charge in [0.2, 0.25) is 5.91 Å². The Hall–Kier alpha value is -2.08.